The molecular formula is C21H18N4O5. The fourth-order valence-electron chi connectivity index (χ4n) is 3.33. The summed E-state index contributed by atoms with van der Waals surface area (Å²) in [7, 11) is 0. The Morgan fingerprint density at radius 3 is 2.77 bits per heavy atom. The van der Waals surface area contributed by atoms with Crippen LogP contribution in [-0.2, 0) is 0 Å². The van der Waals surface area contributed by atoms with E-state index in [0.717, 1.165) is 22.6 Å². The number of carbonyl (C=O) groups excluding carboxylic acids is 1. The zero-order valence-electron chi connectivity index (χ0n) is 16.3. The lowest BCUT2D eigenvalue weighted by atomic mass is 10.2. The molecule has 1 aliphatic rings. The van der Waals surface area contributed by atoms with E-state index in [-0.39, 0.29) is 18.0 Å². The Morgan fingerprint density at radius 1 is 1.17 bits per heavy atom. The maximum atomic E-state index is 12.2. The van der Waals surface area contributed by atoms with Crippen molar-refractivity contribution < 1.29 is 19.2 Å². The van der Waals surface area contributed by atoms with E-state index in [1.54, 1.807) is 6.21 Å². The summed E-state index contributed by atoms with van der Waals surface area (Å²) in [6, 6.07) is 13.1. The van der Waals surface area contributed by atoms with Gasteiger partial charge in [-0.3, -0.25) is 14.9 Å². The van der Waals surface area contributed by atoms with Crippen molar-refractivity contribution in [2.75, 3.05) is 6.79 Å². The molecule has 0 saturated carbocycles. The molecule has 0 bridgehead atoms. The summed E-state index contributed by atoms with van der Waals surface area (Å²) >= 11 is 0. The second-order valence-electron chi connectivity index (χ2n) is 6.71. The molecule has 152 valence electrons. The third kappa shape index (κ3) is 3.60. The molecule has 2 heterocycles. The van der Waals surface area contributed by atoms with E-state index in [9.17, 15) is 14.9 Å². The lowest BCUT2D eigenvalue weighted by Crippen LogP contribution is -2.17. The van der Waals surface area contributed by atoms with Gasteiger partial charge >= 0.3 is 0 Å². The van der Waals surface area contributed by atoms with Crippen LogP contribution in [0.2, 0.25) is 0 Å². The van der Waals surface area contributed by atoms with E-state index in [0.29, 0.717) is 11.5 Å². The van der Waals surface area contributed by atoms with Gasteiger partial charge in [0.05, 0.1) is 11.1 Å². The van der Waals surface area contributed by atoms with Gasteiger partial charge in [-0.15, -0.1) is 0 Å². The molecule has 0 aliphatic carbocycles. The van der Waals surface area contributed by atoms with Crippen molar-refractivity contribution in [1.82, 2.24) is 9.99 Å². The Hall–Kier alpha value is -4.14. The summed E-state index contributed by atoms with van der Waals surface area (Å²) in [5, 5.41) is 14.9. The smallest absolute Gasteiger partial charge is 0.271 e. The Balaban J connectivity index is 1.52. The molecule has 1 aliphatic heterocycles. The summed E-state index contributed by atoms with van der Waals surface area (Å²) < 4.78 is 12.9. The molecule has 0 fully saturated rings. The molecule has 1 amide bonds. The molecule has 0 spiro atoms. The van der Waals surface area contributed by atoms with Crippen LogP contribution in [0.15, 0.2) is 53.6 Å². The van der Waals surface area contributed by atoms with Crippen molar-refractivity contribution in [1.29, 1.82) is 0 Å². The SMILES string of the molecule is Cc1cc(/C=N\NC(=O)c2cccc([N+](=O)[O-])c2)c(C)n1-c1ccc2c(c1)OCO2. The number of nitro groups is 1. The van der Waals surface area contributed by atoms with Crippen LogP contribution < -0.4 is 14.9 Å². The second kappa shape index (κ2) is 7.70. The lowest BCUT2D eigenvalue weighted by molar-refractivity contribution is -0.384. The minimum absolute atomic E-state index is 0.154. The molecule has 2 aromatic carbocycles. The average molecular weight is 406 g/mol. The zero-order chi connectivity index (χ0) is 21.3. The summed E-state index contributed by atoms with van der Waals surface area (Å²) in [5.74, 6) is 0.880. The van der Waals surface area contributed by atoms with Gasteiger partial charge in [0.15, 0.2) is 11.5 Å². The number of rotatable bonds is 5. The van der Waals surface area contributed by atoms with E-state index >= 15 is 0 Å². The van der Waals surface area contributed by atoms with Crippen LogP contribution in [-0.4, -0.2) is 28.4 Å². The van der Waals surface area contributed by atoms with Gasteiger partial charge in [0.1, 0.15) is 0 Å². The number of carbonyl (C=O) groups is 1. The van der Waals surface area contributed by atoms with E-state index in [4.69, 9.17) is 9.47 Å². The number of nitrogens with zero attached hydrogens (tertiary/aromatic N) is 3. The molecule has 9 nitrogen and oxygen atoms in total. The van der Waals surface area contributed by atoms with Crippen molar-refractivity contribution in [3.63, 3.8) is 0 Å². The van der Waals surface area contributed by atoms with Gasteiger partial charge in [0.2, 0.25) is 6.79 Å². The number of nitrogens with one attached hydrogen (secondary N) is 1. The lowest BCUT2D eigenvalue weighted by Gasteiger charge is -2.10. The van der Waals surface area contributed by atoms with Gasteiger partial charge in [-0.1, -0.05) is 6.07 Å². The monoisotopic (exact) mass is 406 g/mol. The number of ether oxygens (including phenoxy) is 2. The van der Waals surface area contributed by atoms with Crippen molar-refractivity contribution in [3.05, 3.63) is 81.2 Å². The van der Waals surface area contributed by atoms with Crippen LogP contribution >= 0.6 is 0 Å². The topological polar surface area (TPSA) is 108 Å². The third-order valence-corrected chi connectivity index (χ3v) is 4.77. The molecule has 9 heteroatoms. The highest BCUT2D eigenvalue weighted by Crippen LogP contribution is 2.34. The fourth-order valence-corrected chi connectivity index (χ4v) is 3.33. The van der Waals surface area contributed by atoms with Crippen LogP contribution in [0.3, 0.4) is 0 Å². The van der Waals surface area contributed by atoms with E-state index in [1.807, 2.05) is 42.7 Å². The van der Waals surface area contributed by atoms with Crippen molar-refractivity contribution in [3.8, 4) is 17.2 Å². The molecule has 0 unspecified atom stereocenters. The van der Waals surface area contributed by atoms with Crippen LogP contribution in [0.5, 0.6) is 11.5 Å². The van der Waals surface area contributed by atoms with E-state index in [1.165, 1.54) is 24.3 Å². The Morgan fingerprint density at radius 2 is 1.97 bits per heavy atom. The normalized spacial score (nSPS) is 12.3. The highest BCUT2D eigenvalue weighted by Gasteiger charge is 2.16. The largest absolute Gasteiger partial charge is 0.454 e. The van der Waals surface area contributed by atoms with Crippen LogP contribution in [0.4, 0.5) is 5.69 Å². The molecule has 1 aromatic heterocycles. The maximum Gasteiger partial charge on any atom is 0.271 e. The Kier molecular flexibility index (Phi) is 4.93. The third-order valence-electron chi connectivity index (χ3n) is 4.77. The minimum atomic E-state index is -0.551. The highest BCUT2D eigenvalue weighted by molar-refractivity contribution is 5.95. The summed E-state index contributed by atoms with van der Waals surface area (Å²) in [4.78, 5) is 22.5. The molecule has 3 aromatic rings. The number of fused-ring (bicyclic) bond motifs is 1. The zero-order valence-corrected chi connectivity index (χ0v) is 16.3. The molecule has 4 rings (SSSR count). The van der Waals surface area contributed by atoms with Gasteiger partial charge < -0.3 is 14.0 Å². The van der Waals surface area contributed by atoms with Gasteiger partial charge in [-0.05, 0) is 38.1 Å². The molecular weight excluding hydrogens is 388 g/mol. The number of non-ortho nitro benzene ring substituents is 1. The highest BCUT2D eigenvalue weighted by atomic mass is 16.7. The predicted octanol–water partition coefficient (Wildman–Crippen LogP) is 3.49. The first kappa shape index (κ1) is 19.2. The number of aromatic nitrogens is 1. The van der Waals surface area contributed by atoms with Crippen LogP contribution in [0, 0.1) is 24.0 Å². The second-order valence-corrected chi connectivity index (χ2v) is 6.71. The maximum absolute atomic E-state index is 12.2. The van der Waals surface area contributed by atoms with Gasteiger partial charge in [-0.25, -0.2) is 5.43 Å². The number of nitro benzene ring substituents is 1. The number of aryl methyl sites for hydroxylation is 1. The van der Waals surface area contributed by atoms with Crippen LogP contribution in [0.1, 0.15) is 27.3 Å². The predicted molar refractivity (Wildman–Crippen MR) is 110 cm³/mol. The number of benzene rings is 2. The standard InChI is InChI=1S/C21H18N4O5/c1-13-8-16(11-22-23-21(26)15-4-3-5-18(9-15)25(27)28)14(2)24(13)17-6-7-19-20(10-17)30-12-29-19/h3-11H,12H2,1-2H3,(H,23,26)/b22-11-. The quantitative estimate of drug-likeness (QED) is 0.396. The summed E-state index contributed by atoms with van der Waals surface area (Å²) in [6.45, 7) is 4.13. The average Bonchev–Trinajstić information content (AvgIpc) is 3.31. The van der Waals surface area contributed by atoms with E-state index < -0.39 is 10.8 Å². The van der Waals surface area contributed by atoms with E-state index in [2.05, 4.69) is 10.5 Å². The Bertz CT molecular complexity index is 1180. The van der Waals surface area contributed by atoms with Gasteiger partial charge in [0.25, 0.3) is 11.6 Å². The molecule has 1 N–H and O–H groups in total. The van der Waals surface area contributed by atoms with Gasteiger partial charge in [-0.2, -0.15) is 5.10 Å². The van der Waals surface area contributed by atoms with Crippen molar-refractivity contribution >= 4 is 17.8 Å². The molecule has 0 saturated heterocycles. The number of amides is 1. The fraction of sp³-hybridized carbons (Fsp3) is 0.143. The first-order valence-electron chi connectivity index (χ1n) is 9.11. The Labute approximate surface area is 171 Å². The summed E-state index contributed by atoms with van der Waals surface area (Å²) in [5.41, 5.74) is 6.07. The van der Waals surface area contributed by atoms with Crippen molar-refractivity contribution in [2.24, 2.45) is 5.10 Å². The number of hydrogen-bond donors (Lipinski definition) is 1. The molecule has 30 heavy (non-hydrogen) atoms. The summed E-state index contributed by atoms with van der Waals surface area (Å²) in [6.07, 6.45) is 1.54. The first-order chi connectivity index (χ1) is 14.4. The molecule has 0 atom stereocenters. The van der Waals surface area contributed by atoms with Crippen LogP contribution in [0.25, 0.3) is 5.69 Å². The first-order valence-corrected chi connectivity index (χ1v) is 9.11. The number of hydrogen-bond acceptors (Lipinski definition) is 6. The van der Waals surface area contributed by atoms with Gasteiger partial charge in [0, 0.05) is 46.4 Å². The minimum Gasteiger partial charge on any atom is -0.454 e. The molecule has 0 radical (unpaired) electrons. The number of hydrazone groups is 1. The van der Waals surface area contributed by atoms with Crippen molar-refractivity contribution in [2.45, 2.75) is 13.8 Å².